The number of likely N-dealkylation sites (tertiary alicyclic amines) is 2. The van der Waals surface area contributed by atoms with E-state index in [-0.39, 0.29) is 0 Å². The Morgan fingerprint density at radius 2 is 1.28 bits per heavy atom. The fraction of sp³-hybridized carbons (Fsp3) is 0.459. The number of nitrogens with zero attached hydrogens (tertiary/aromatic N) is 4. The zero-order valence-electron chi connectivity index (χ0n) is 26.2. The van der Waals surface area contributed by atoms with E-state index < -0.39 is 0 Å². The minimum Gasteiger partial charge on any atom is -0.355 e. The number of anilines is 2. The van der Waals surface area contributed by atoms with Gasteiger partial charge in [-0.3, -0.25) is 0 Å². The lowest BCUT2D eigenvalue weighted by atomic mass is 10.2. The molecule has 6 rings (SSSR count). The van der Waals surface area contributed by atoms with Crippen molar-refractivity contribution in [2.45, 2.75) is 53.7 Å². The third kappa shape index (κ3) is 7.65. The fourth-order valence-electron chi connectivity index (χ4n) is 7.29. The lowest BCUT2D eigenvalue weighted by Crippen LogP contribution is -2.43. The third-order valence-corrected chi connectivity index (χ3v) is 12.2. The minimum absolute atomic E-state index is 0.365. The highest BCUT2D eigenvalue weighted by atomic mass is 32.2. The molecule has 0 radical (unpaired) electrons. The maximum Gasteiger partial charge on any atom is 0.0985 e. The molecule has 43 heavy (non-hydrogen) atoms. The highest BCUT2D eigenvalue weighted by Gasteiger charge is 2.31. The van der Waals surface area contributed by atoms with E-state index in [1.54, 1.807) is 0 Å². The number of quaternary nitrogens is 2. The van der Waals surface area contributed by atoms with Crippen LogP contribution in [0.25, 0.3) is 0 Å². The number of fused-ring (bicyclic) bond motifs is 2. The third-order valence-electron chi connectivity index (χ3n) is 9.79. The summed E-state index contributed by atoms with van der Waals surface area (Å²) in [4.78, 5) is 7.93. The van der Waals surface area contributed by atoms with Crippen LogP contribution in [0.3, 0.4) is 0 Å². The average Bonchev–Trinajstić information content (AvgIpc) is 3.80. The van der Waals surface area contributed by atoms with Gasteiger partial charge in [-0.25, -0.2) is 0 Å². The molecule has 4 aliphatic rings. The Morgan fingerprint density at radius 3 is 2.00 bits per heavy atom. The van der Waals surface area contributed by atoms with Crippen molar-refractivity contribution in [3.63, 3.8) is 0 Å². The van der Waals surface area contributed by atoms with E-state index in [4.69, 9.17) is 0 Å². The number of hydrogen-bond donors (Lipinski definition) is 0. The molecule has 0 aromatic heterocycles. The molecule has 2 aromatic rings. The summed E-state index contributed by atoms with van der Waals surface area (Å²) in [6, 6.07) is 17.8. The molecular formula is C37H50N4S2+2. The van der Waals surface area contributed by atoms with Gasteiger partial charge in [0.05, 0.1) is 75.1 Å². The van der Waals surface area contributed by atoms with Gasteiger partial charge in [-0.05, 0) is 30.3 Å². The van der Waals surface area contributed by atoms with E-state index in [1.165, 1.54) is 113 Å². The standard InChI is InChI=1S/C37H50N4S2/c1-40(26-12-13-27-40)30-16-24-38-32-18-8-10-20-34(32)42-36(38)22-6-4-3-5-7-23-37-39(33-19-9-11-21-35(33)43-37)25-17-31-41(2)28-14-15-29-41/h3-11,18-23,36H,12-17,24-31H2,1-2H3/q+2/b4-3+,7-5+,22-6+,37-23-. The lowest BCUT2D eigenvalue weighted by Gasteiger charge is -2.31. The van der Waals surface area contributed by atoms with Gasteiger partial charge in [-0.1, -0.05) is 84.2 Å². The van der Waals surface area contributed by atoms with Crippen LogP contribution < -0.4 is 9.80 Å². The van der Waals surface area contributed by atoms with Crippen molar-refractivity contribution in [1.29, 1.82) is 0 Å². The fourth-order valence-corrected chi connectivity index (χ4v) is 9.63. The Bertz CT molecular complexity index is 1350. The lowest BCUT2D eigenvalue weighted by molar-refractivity contribution is -0.897. The Hall–Kier alpha value is -2.38. The van der Waals surface area contributed by atoms with Crippen LogP contribution in [0.2, 0.25) is 0 Å². The zero-order chi connectivity index (χ0) is 29.5. The molecule has 4 aliphatic heterocycles. The Labute approximate surface area is 269 Å². The first-order chi connectivity index (χ1) is 21.0. The zero-order valence-corrected chi connectivity index (χ0v) is 27.9. The second-order valence-electron chi connectivity index (χ2n) is 13.3. The molecule has 4 nitrogen and oxygen atoms in total. The van der Waals surface area contributed by atoms with Gasteiger partial charge in [0.2, 0.25) is 0 Å². The summed E-state index contributed by atoms with van der Waals surface area (Å²) in [5.74, 6) is 0. The molecule has 0 N–H and O–H groups in total. The maximum atomic E-state index is 2.61. The molecule has 4 heterocycles. The topological polar surface area (TPSA) is 6.48 Å². The minimum atomic E-state index is 0.365. The van der Waals surface area contributed by atoms with Crippen LogP contribution in [-0.4, -0.2) is 80.8 Å². The van der Waals surface area contributed by atoms with E-state index in [0.29, 0.717) is 5.37 Å². The highest BCUT2D eigenvalue weighted by Crippen LogP contribution is 2.46. The molecule has 0 aliphatic carbocycles. The molecular weight excluding hydrogens is 565 g/mol. The summed E-state index contributed by atoms with van der Waals surface area (Å²) >= 11 is 3.89. The van der Waals surface area contributed by atoms with Gasteiger partial charge in [0, 0.05) is 61.4 Å². The molecule has 0 spiro atoms. The summed E-state index contributed by atoms with van der Waals surface area (Å²) in [5.41, 5.74) is 2.77. The number of allylic oxidation sites excluding steroid dienone is 6. The van der Waals surface area contributed by atoms with Crippen molar-refractivity contribution >= 4 is 34.9 Å². The summed E-state index contributed by atoms with van der Waals surface area (Å²) in [7, 11) is 4.89. The van der Waals surface area contributed by atoms with Gasteiger partial charge in [-0.15, -0.1) is 0 Å². The number of hydrogen-bond acceptors (Lipinski definition) is 4. The molecule has 0 saturated carbocycles. The largest absolute Gasteiger partial charge is 0.355 e. The van der Waals surface area contributed by atoms with Crippen molar-refractivity contribution in [2.24, 2.45) is 0 Å². The van der Waals surface area contributed by atoms with Crippen molar-refractivity contribution < 1.29 is 8.97 Å². The average molecular weight is 615 g/mol. The van der Waals surface area contributed by atoms with Crippen LogP contribution in [0, 0.1) is 0 Å². The summed E-state index contributed by atoms with van der Waals surface area (Å²) < 4.78 is 2.51. The molecule has 0 amide bonds. The van der Waals surface area contributed by atoms with Crippen molar-refractivity contribution in [2.75, 3.05) is 76.3 Å². The summed E-state index contributed by atoms with van der Waals surface area (Å²) in [6.45, 7) is 10.2. The maximum absolute atomic E-state index is 2.61. The smallest absolute Gasteiger partial charge is 0.0985 e. The molecule has 1 unspecified atom stereocenters. The Balaban J connectivity index is 1.04. The molecule has 228 valence electrons. The van der Waals surface area contributed by atoms with Crippen molar-refractivity contribution in [3.8, 4) is 0 Å². The molecule has 2 aromatic carbocycles. The first-order valence-corrected chi connectivity index (χ1v) is 18.2. The highest BCUT2D eigenvalue weighted by molar-refractivity contribution is 8.03. The van der Waals surface area contributed by atoms with Gasteiger partial charge in [0.25, 0.3) is 0 Å². The van der Waals surface area contributed by atoms with Crippen LogP contribution >= 0.6 is 23.5 Å². The van der Waals surface area contributed by atoms with E-state index in [0.717, 1.165) is 13.1 Å². The molecule has 2 fully saturated rings. The number of rotatable bonds is 12. The Kier molecular flexibility index (Phi) is 10.1. The normalized spacial score (nSPS) is 23.5. The van der Waals surface area contributed by atoms with E-state index in [2.05, 4.69) is 115 Å². The monoisotopic (exact) mass is 614 g/mol. The van der Waals surface area contributed by atoms with Gasteiger partial charge in [0.15, 0.2) is 0 Å². The second-order valence-corrected chi connectivity index (χ2v) is 15.5. The van der Waals surface area contributed by atoms with Gasteiger partial charge in [-0.2, -0.15) is 0 Å². The predicted octanol–water partition coefficient (Wildman–Crippen LogP) is 8.31. The van der Waals surface area contributed by atoms with Gasteiger partial charge >= 0.3 is 0 Å². The molecule has 2 saturated heterocycles. The number of benzene rings is 2. The van der Waals surface area contributed by atoms with Crippen LogP contribution in [0.15, 0.2) is 106 Å². The van der Waals surface area contributed by atoms with Crippen molar-refractivity contribution in [1.82, 2.24) is 0 Å². The molecule has 0 bridgehead atoms. The molecule has 1 atom stereocenters. The van der Waals surface area contributed by atoms with E-state index >= 15 is 0 Å². The summed E-state index contributed by atoms with van der Waals surface area (Å²) in [5, 5.41) is 1.70. The van der Waals surface area contributed by atoms with Crippen LogP contribution in [0.1, 0.15) is 38.5 Å². The molecule has 6 heteroatoms. The quantitative estimate of drug-likeness (QED) is 0.175. The second kappa shape index (κ2) is 14.2. The Morgan fingerprint density at radius 1 is 0.698 bits per heavy atom. The van der Waals surface area contributed by atoms with E-state index in [1.807, 2.05) is 23.5 Å². The SMILES string of the molecule is C[N+]1(CCCN2/C(=C/C=C/C=C/C=C/C3Sc4ccccc4N3CCC[N+]3(C)CCCC3)Sc3ccccc32)CCCC1. The van der Waals surface area contributed by atoms with Crippen LogP contribution in [-0.2, 0) is 0 Å². The van der Waals surface area contributed by atoms with E-state index in [9.17, 15) is 0 Å². The number of thioether (sulfide) groups is 2. The summed E-state index contributed by atoms with van der Waals surface area (Å²) in [6.07, 6.45) is 23.7. The predicted molar refractivity (Wildman–Crippen MR) is 188 cm³/mol. The van der Waals surface area contributed by atoms with Gasteiger partial charge < -0.3 is 18.8 Å². The van der Waals surface area contributed by atoms with Crippen LogP contribution in [0.5, 0.6) is 0 Å². The first-order valence-electron chi connectivity index (χ1n) is 16.5. The van der Waals surface area contributed by atoms with Crippen LogP contribution in [0.4, 0.5) is 11.4 Å². The first kappa shape index (κ1) is 30.6. The van der Waals surface area contributed by atoms with Gasteiger partial charge in [0.1, 0.15) is 0 Å². The van der Waals surface area contributed by atoms with Crippen molar-refractivity contribution in [3.05, 3.63) is 96.1 Å². The number of para-hydroxylation sites is 2.